The fraction of sp³-hybridized carbons (Fsp3) is 0. The van der Waals surface area contributed by atoms with Crippen LogP contribution in [0.2, 0.25) is 0 Å². The van der Waals surface area contributed by atoms with E-state index in [1.165, 1.54) is 0 Å². The van der Waals surface area contributed by atoms with Gasteiger partial charge in [0.2, 0.25) is 0 Å². The van der Waals surface area contributed by atoms with E-state index < -0.39 is 0 Å². The molecule has 0 N–H and O–H groups in total. The molecule has 0 aromatic rings. The van der Waals surface area contributed by atoms with Crippen molar-refractivity contribution in [3.63, 3.8) is 0 Å². The summed E-state index contributed by atoms with van der Waals surface area (Å²) in [7, 11) is 0. The summed E-state index contributed by atoms with van der Waals surface area (Å²) in [5.41, 5.74) is 2.78. The Labute approximate surface area is 37.5 Å². The topological polar surface area (TPSA) is 0 Å². The smallest absolute Gasteiger partial charge is 0.00940 e. The van der Waals surface area contributed by atoms with Crippen molar-refractivity contribution >= 4 is 0 Å². The summed E-state index contributed by atoms with van der Waals surface area (Å²) in [5.74, 6) is 0. The lowest BCUT2D eigenvalue weighted by atomic mass is 10.3. The molecule has 1 aliphatic carbocycles. The van der Waals surface area contributed by atoms with Gasteiger partial charge in [-0.15, -0.1) is 5.73 Å². The third kappa shape index (κ3) is 0.540. The highest BCUT2D eigenvalue weighted by Gasteiger charge is 1.70. The van der Waals surface area contributed by atoms with Gasteiger partial charge in [0, 0.05) is 0 Å². The van der Waals surface area contributed by atoms with Gasteiger partial charge in [-0.3, -0.25) is 0 Å². The maximum atomic E-state index is 2.78. The molecule has 27 valence electrons. The Hall–Kier alpha value is -0.870. The molecule has 1 radical (unpaired) electrons. The fourth-order valence-corrected chi connectivity index (χ4v) is 0.269. The number of allylic oxidation sites excluding steroid dienone is 3. The number of hydrogen-bond donors (Lipinski definition) is 0. The van der Waals surface area contributed by atoms with Gasteiger partial charge < -0.3 is 0 Å². The molecule has 0 saturated carbocycles. The lowest BCUT2D eigenvalue weighted by Gasteiger charge is -1.76. The van der Waals surface area contributed by atoms with Gasteiger partial charge in [-0.25, -0.2) is 0 Å². The molecular formula is C6H3. The zero-order valence-corrected chi connectivity index (χ0v) is 3.23. The fourth-order valence-electron chi connectivity index (χ4n) is 0.269. The first-order valence-electron chi connectivity index (χ1n) is 1.73. The van der Waals surface area contributed by atoms with Gasteiger partial charge >= 0.3 is 0 Å². The molecule has 0 unspecified atom stereocenters. The Balaban J connectivity index is 2.78. The summed E-state index contributed by atoms with van der Waals surface area (Å²) in [6.45, 7) is 0. The Morgan fingerprint density at radius 3 is 2.83 bits per heavy atom. The third-order valence-corrected chi connectivity index (χ3v) is 0.500. The molecule has 0 heteroatoms. The van der Waals surface area contributed by atoms with Crippen LogP contribution in [0.15, 0.2) is 24.0 Å². The zero-order chi connectivity index (χ0) is 4.24. The molecule has 0 fully saturated rings. The largest absolute Gasteiger partial charge is 0.120 e. The van der Waals surface area contributed by atoms with Crippen LogP contribution >= 0.6 is 0 Å². The van der Waals surface area contributed by atoms with Gasteiger partial charge in [0.25, 0.3) is 0 Å². The second-order valence-electron chi connectivity index (χ2n) is 0.933. The quantitative estimate of drug-likeness (QED) is 0.299. The number of hydrogen-bond acceptors (Lipinski definition) is 0. The van der Waals surface area contributed by atoms with Gasteiger partial charge in [-0.1, -0.05) is 0 Å². The van der Waals surface area contributed by atoms with E-state index in [1.807, 2.05) is 0 Å². The minimum Gasteiger partial charge on any atom is -0.120 e. The van der Waals surface area contributed by atoms with Crippen LogP contribution in [0.4, 0.5) is 0 Å². The Morgan fingerprint density at radius 1 is 1.67 bits per heavy atom. The second-order valence-corrected chi connectivity index (χ2v) is 0.933. The molecule has 0 nitrogen and oxygen atoms in total. The molecule has 0 atom stereocenters. The van der Waals surface area contributed by atoms with Crippen LogP contribution in [0.3, 0.4) is 0 Å². The highest BCUT2D eigenvalue weighted by molar-refractivity contribution is 5.14. The third-order valence-electron chi connectivity index (χ3n) is 0.500. The van der Waals surface area contributed by atoms with E-state index in [1.54, 1.807) is 18.2 Å². The van der Waals surface area contributed by atoms with Crippen molar-refractivity contribution in [2.45, 2.75) is 0 Å². The van der Waals surface area contributed by atoms with Crippen LogP contribution in [0, 0.1) is 12.5 Å². The average molecular weight is 75.1 g/mol. The summed E-state index contributed by atoms with van der Waals surface area (Å²) in [6.07, 6.45) is 10.7. The molecule has 0 amide bonds. The average Bonchev–Trinajstić information content (AvgIpc) is 1.72. The molecule has 0 heterocycles. The van der Waals surface area contributed by atoms with Gasteiger partial charge in [-0.2, -0.15) is 0 Å². The predicted molar refractivity (Wildman–Crippen MR) is 23.7 cm³/mol. The van der Waals surface area contributed by atoms with Crippen LogP contribution in [0.1, 0.15) is 0 Å². The minimum absolute atomic E-state index is 1.72. The van der Waals surface area contributed by atoms with E-state index >= 15 is 0 Å². The van der Waals surface area contributed by atoms with Crippen molar-refractivity contribution in [2.75, 3.05) is 0 Å². The summed E-state index contributed by atoms with van der Waals surface area (Å²) < 4.78 is 0. The first-order valence-corrected chi connectivity index (χ1v) is 1.73. The minimum atomic E-state index is 1.72. The van der Waals surface area contributed by atoms with Crippen LogP contribution in [-0.2, 0) is 0 Å². The molecule has 0 bridgehead atoms. The van der Waals surface area contributed by atoms with Crippen molar-refractivity contribution in [3.8, 4) is 0 Å². The highest BCUT2D eigenvalue weighted by atomic mass is 13.7. The molecule has 0 aromatic heterocycles. The Bertz CT molecular complexity index is 112. The van der Waals surface area contributed by atoms with E-state index in [0.717, 1.165) is 0 Å². The molecule has 0 aliphatic heterocycles. The molecule has 0 spiro atoms. The van der Waals surface area contributed by atoms with Crippen LogP contribution in [0.25, 0.3) is 0 Å². The first kappa shape index (κ1) is 3.32. The van der Waals surface area contributed by atoms with Crippen LogP contribution in [-0.4, -0.2) is 0 Å². The van der Waals surface area contributed by atoms with Crippen molar-refractivity contribution in [2.24, 2.45) is 0 Å². The van der Waals surface area contributed by atoms with Crippen molar-refractivity contribution in [1.29, 1.82) is 0 Å². The van der Waals surface area contributed by atoms with Gasteiger partial charge in [0.15, 0.2) is 0 Å². The maximum absolute atomic E-state index is 2.78. The molecule has 0 aromatic carbocycles. The Morgan fingerprint density at radius 2 is 2.67 bits per heavy atom. The SMILES string of the molecule is C1=C[C+]C=[C-]C=1. The van der Waals surface area contributed by atoms with Crippen molar-refractivity contribution < 1.29 is 0 Å². The normalized spacial score (nSPS) is 14.7. The van der Waals surface area contributed by atoms with Crippen LogP contribution < -0.4 is 0 Å². The molecule has 6 heavy (non-hydrogen) atoms. The van der Waals surface area contributed by atoms with E-state index in [4.69, 9.17) is 0 Å². The predicted octanol–water partition coefficient (Wildman–Crippen LogP) is 1.15. The zero-order valence-electron chi connectivity index (χ0n) is 3.23. The van der Waals surface area contributed by atoms with E-state index in [2.05, 4.69) is 18.2 Å². The summed E-state index contributed by atoms with van der Waals surface area (Å²) in [4.78, 5) is 0. The van der Waals surface area contributed by atoms with Crippen molar-refractivity contribution in [1.82, 2.24) is 0 Å². The maximum Gasteiger partial charge on any atom is -0.00940 e. The van der Waals surface area contributed by atoms with E-state index in [0.29, 0.717) is 0 Å². The molecular weight excluding hydrogens is 72.1 g/mol. The van der Waals surface area contributed by atoms with E-state index in [9.17, 15) is 0 Å². The Kier molecular flexibility index (Phi) is 0.852. The summed E-state index contributed by atoms with van der Waals surface area (Å²) >= 11 is 0. The second kappa shape index (κ2) is 1.54. The number of rotatable bonds is 0. The molecule has 0 saturated heterocycles. The van der Waals surface area contributed by atoms with Gasteiger partial charge in [0.05, 0.1) is 0 Å². The van der Waals surface area contributed by atoms with Gasteiger partial charge in [-0.05, 0) is 30.7 Å². The first-order chi connectivity index (χ1) is 3.00. The summed E-state index contributed by atoms with van der Waals surface area (Å²) in [6, 6.07) is 0. The highest BCUT2D eigenvalue weighted by Crippen LogP contribution is 1.86. The summed E-state index contributed by atoms with van der Waals surface area (Å²) in [5, 5.41) is 0. The lowest BCUT2D eigenvalue weighted by molar-refractivity contribution is 1.67. The van der Waals surface area contributed by atoms with Gasteiger partial charge in [0.1, 0.15) is 0 Å². The molecule has 1 rings (SSSR count). The van der Waals surface area contributed by atoms with E-state index in [-0.39, 0.29) is 0 Å². The monoisotopic (exact) mass is 75.0 g/mol. The molecule has 1 aliphatic rings. The standard InChI is InChI=1S/C6H3/c1-2-4-6-5-3-1/h1,4-5H. The lowest BCUT2D eigenvalue weighted by Crippen LogP contribution is -1.60. The van der Waals surface area contributed by atoms with Crippen LogP contribution in [0.5, 0.6) is 0 Å². The van der Waals surface area contributed by atoms with Crippen molar-refractivity contribution in [3.05, 3.63) is 36.5 Å².